The zero-order valence-corrected chi connectivity index (χ0v) is 22.0. The van der Waals surface area contributed by atoms with Crippen LogP contribution >= 0.6 is 39.3 Å². The van der Waals surface area contributed by atoms with Crippen molar-refractivity contribution in [3.8, 4) is 11.5 Å². The molecule has 2 aromatic rings. The maximum atomic E-state index is 12.9. The fourth-order valence-electron chi connectivity index (χ4n) is 3.54. The van der Waals surface area contributed by atoms with Crippen molar-refractivity contribution in [3.05, 3.63) is 61.9 Å². The Morgan fingerprint density at radius 3 is 2.60 bits per heavy atom. The van der Waals surface area contributed by atoms with Crippen LogP contribution in [-0.4, -0.2) is 66.8 Å². The third kappa shape index (κ3) is 6.19. The molecule has 2 heterocycles. The number of methoxy groups -OCH3 is 1. The molecule has 2 fully saturated rings. The number of benzene rings is 2. The standard InChI is InChI=1S/C24H22BrClN2O6S/c1-32-19-11-16(10-18(25)22(19)34-14-15-2-4-17(26)5-3-15)12-20-23(30)28(24(31)35-20)13-21(29)27-6-8-33-9-7-27/h2-5,10-12H,6-9,13-14H2,1H3/b20-12+. The molecule has 35 heavy (non-hydrogen) atoms. The lowest BCUT2D eigenvalue weighted by Gasteiger charge is -2.28. The highest BCUT2D eigenvalue weighted by Gasteiger charge is 2.37. The van der Waals surface area contributed by atoms with Gasteiger partial charge in [-0.2, -0.15) is 0 Å². The Morgan fingerprint density at radius 1 is 1.20 bits per heavy atom. The molecule has 4 rings (SSSR count). The van der Waals surface area contributed by atoms with Gasteiger partial charge in [0.15, 0.2) is 11.5 Å². The van der Waals surface area contributed by atoms with Gasteiger partial charge in [-0.1, -0.05) is 23.7 Å². The van der Waals surface area contributed by atoms with Gasteiger partial charge in [0.05, 0.1) is 29.7 Å². The highest BCUT2D eigenvalue weighted by molar-refractivity contribution is 9.10. The van der Waals surface area contributed by atoms with Gasteiger partial charge in [-0.05, 0) is 69.2 Å². The maximum Gasteiger partial charge on any atom is 0.294 e. The summed E-state index contributed by atoms with van der Waals surface area (Å²) >= 11 is 10.2. The van der Waals surface area contributed by atoms with E-state index in [0.717, 1.165) is 22.2 Å². The molecule has 0 spiro atoms. The van der Waals surface area contributed by atoms with E-state index in [1.54, 1.807) is 35.2 Å². The molecule has 3 amide bonds. The van der Waals surface area contributed by atoms with Gasteiger partial charge in [-0.3, -0.25) is 19.3 Å². The maximum absolute atomic E-state index is 12.9. The van der Waals surface area contributed by atoms with Gasteiger partial charge >= 0.3 is 0 Å². The molecule has 0 radical (unpaired) electrons. The average Bonchev–Trinajstić information content (AvgIpc) is 3.11. The first-order valence-corrected chi connectivity index (χ1v) is 12.7. The van der Waals surface area contributed by atoms with Crippen molar-refractivity contribution in [3.63, 3.8) is 0 Å². The molecule has 0 aromatic heterocycles. The summed E-state index contributed by atoms with van der Waals surface area (Å²) in [6, 6.07) is 10.8. The van der Waals surface area contributed by atoms with E-state index in [4.69, 9.17) is 25.8 Å². The molecule has 2 aromatic carbocycles. The zero-order chi connectivity index (χ0) is 24.9. The highest BCUT2D eigenvalue weighted by atomic mass is 79.9. The second-order valence-corrected chi connectivity index (χ2v) is 9.99. The Balaban J connectivity index is 1.47. The predicted molar refractivity (Wildman–Crippen MR) is 137 cm³/mol. The number of rotatable bonds is 7. The largest absolute Gasteiger partial charge is 0.493 e. The minimum atomic E-state index is -0.500. The summed E-state index contributed by atoms with van der Waals surface area (Å²) in [4.78, 5) is 40.6. The predicted octanol–water partition coefficient (Wildman–Crippen LogP) is 4.59. The number of nitrogens with zero attached hydrogens (tertiary/aromatic N) is 2. The van der Waals surface area contributed by atoms with Crippen LogP contribution in [0.1, 0.15) is 11.1 Å². The molecule has 0 aliphatic carbocycles. The van der Waals surface area contributed by atoms with E-state index in [2.05, 4.69) is 15.9 Å². The van der Waals surface area contributed by atoms with Gasteiger partial charge in [0.2, 0.25) is 5.91 Å². The summed E-state index contributed by atoms with van der Waals surface area (Å²) < 4.78 is 17.3. The number of morpholine rings is 1. The summed E-state index contributed by atoms with van der Waals surface area (Å²) in [5, 5.41) is 0.170. The van der Waals surface area contributed by atoms with Gasteiger partial charge in [0.25, 0.3) is 11.1 Å². The van der Waals surface area contributed by atoms with Crippen molar-refractivity contribution in [2.45, 2.75) is 6.61 Å². The van der Waals surface area contributed by atoms with Crippen LogP contribution in [0.3, 0.4) is 0 Å². The van der Waals surface area contributed by atoms with Gasteiger partial charge in [0.1, 0.15) is 13.2 Å². The highest BCUT2D eigenvalue weighted by Crippen LogP contribution is 2.39. The smallest absolute Gasteiger partial charge is 0.294 e. The first kappa shape index (κ1) is 25.6. The molecule has 8 nitrogen and oxygen atoms in total. The topological polar surface area (TPSA) is 85.4 Å². The molecule has 0 unspecified atom stereocenters. The lowest BCUT2D eigenvalue weighted by atomic mass is 10.1. The van der Waals surface area contributed by atoms with E-state index < -0.39 is 11.1 Å². The third-order valence-corrected chi connectivity index (χ3v) is 7.13. The fourth-order valence-corrected chi connectivity index (χ4v) is 5.07. The molecule has 2 aliphatic rings. The number of hydrogen-bond acceptors (Lipinski definition) is 7. The normalized spacial score (nSPS) is 17.3. The lowest BCUT2D eigenvalue weighted by Crippen LogP contribution is -2.46. The van der Waals surface area contributed by atoms with Gasteiger partial charge in [-0.25, -0.2) is 0 Å². The van der Waals surface area contributed by atoms with Crippen LogP contribution in [0.2, 0.25) is 5.02 Å². The first-order chi connectivity index (χ1) is 16.9. The second kappa shape index (κ2) is 11.5. The zero-order valence-electron chi connectivity index (χ0n) is 18.8. The minimum Gasteiger partial charge on any atom is -0.493 e. The number of carbonyl (C=O) groups is 3. The molecule has 0 N–H and O–H groups in total. The van der Waals surface area contributed by atoms with Gasteiger partial charge < -0.3 is 19.1 Å². The van der Waals surface area contributed by atoms with Gasteiger partial charge in [-0.15, -0.1) is 0 Å². The van der Waals surface area contributed by atoms with Crippen LogP contribution in [0.25, 0.3) is 6.08 Å². The molecule has 0 bridgehead atoms. The monoisotopic (exact) mass is 580 g/mol. The Morgan fingerprint density at radius 2 is 1.91 bits per heavy atom. The Kier molecular flexibility index (Phi) is 8.38. The van der Waals surface area contributed by atoms with Crippen molar-refractivity contribution in [1.29, 1.82) is 0 Å². The Bertz CT molecular complexity index is 1170. The number of thioether (sulfide) groups is 1. The minimum absolute atomic E-state index is 0.230. The van der Waals surface area contributed by atoms with Gasteiger partial charge in [0, 0.05) is 18.1 Å². The molecule has 2 saturated heterocycles. The molecule has 11 heteroatoms. The molecular formula is C24H22BrClN2O6S. The Hall–Kier alpha value is -2.53. The summed E-state index contributed by atoms with van der Waals surface area (Å²) in [6.07, 6.45) is 1.60. The van der Waals surface area contributed by atoms with Crippen molar-refractivity contribution >= 4 is 62.4 Å². The quantitative estimate of drug-likeness (QED) is 0.443. The summed E-state index contributed by atoms with van der Waals surface area (Å²) in [5.41, 5.74) is 1.57. The van der Waals surface area contributed by atoms with Crippen LogP contribution in [0.4, 0.5) is 4.79 Å². The fraction of sp³-hybridized carbons (Fsp3) is 0.292. The number of hydrogen-bond donors (Lipinski definition) is 0. The molecule has 2 aliphatic heterocycles. The summed E-state index contributed by atoms with van der Waals surface area (Å²) in [7, 11) is 1.52. The SMILES string of the molecule is COc1cc(/C=C2/SC(=O)N(CC(=O)N3CCOCC3)C2=O)cc(Br)c1OCc1ccc(Cl)cc1. The van der Waals surface area contributed by atoms with E-state index in [0.29, 0.717) is 59.5 Å². The van der Waals surface area contributed by atoms with Crippen molar-refractivity contribution < 1.29 is 28.6 Å². The molecular weight excluding hydrogens is 560 g/mol. The molecule has 184 valence electrons. The summed E-state index contributed by atoms with van der Waals surface area (Å²) in [5.74, 6) is 0.188. The number of ether oxygens (including phenoxy) is 3. The second-order valence-electron chi connectivity index (χ2n) is 7.71. The van der Waals surface area contributed by atoms with E-state index >= 15 is 0 Å². The Labute approximate surface area is 220 Å². The third-order valence-electron chi connectivity index (χ3n) is 5.38. The van der Waals surface area contributed by atoms with Crippen molar-refractivity contribution in [1.82, 2.24) is 9.80 Å². The van der Waals surface area contributed by atoms with Crippen LogP contribution in [0, 0.1) is 0 Å². The molecule has 0 saturated carbocycles. The summed E-state index contributed by atoms with van der Waals surface area (Å²) in [6.45, 7) is 1.82. The lowest BCUT2D eigenvalue weighted by molar-refractivity contribution is -0.139. The molecule has 0 atom stereocenters. The van der Waals surface area contributed by atoms with Crippen LogP contribution in [-0.2, 0) is 20.9 Å². The van der Waals surface area contributed by atoms with Crippen molar-refractivity contribution in [2.24, 2.45) is 0 Å². The number of imide groups is 1. The van der Waals surface area contributed by atoms with Crippen LogP contribution < -0.4 is 9.47 Å². The van der Waals surface area contributed by atoms with Crippen molar-refractivity contribution in [2.75, 3.05) is 40.0 Å². The van der Waals surface area contributed by atoms with E-state index in [1.807, 2.05) is 12.1 Å². The van der Waals surface area contributed by atoms with E-state index in [9.17, 15) is 14.4 Å². The number of amides is 3. The number of carbonyl (C=O) groups excluding carboxylic acids is 3. The first-order valence-electron chi connectivity index (χ1n) is 10.7. The van der Waals surface area contributed by atoms with E-state index in [-0.39, 0.29) is 17.4 Å². The van der Waals surface area contributed by atoms with Crippen LogP contribution in [0.15, 0.2) is 45.8 Å². The van der Waals surface area contributed by atoms with Crippen LogP contribution in [0.5, 0.6) is 11.5 Å². The number of halogens is 2. The van der Waals surface area contributed by atoms with E-state index in [1.165, 1.54) is 7.11 Å². The average molecular weight is 582 g/mol.